The van der Waals surface area contributed by atoms with Gasteiger partial charge in [-0.2, -0.15) is 4.98 Å². The highest BCUT2D eigenvalue weighted by Crippen LogP contribution is 2.14. The summed E-state index contributed by atoms with van der Waals surface area (Å²) >= 11 is 0. The van der Waals surface area contributed by atoms with E-state index in [-0.39, 0.29) is 24.8 Å². The van der Waals surface area contributed by atoms with Crippen molar-refractivity contribution in [2.75, 3.05) is 39.9 Å². The number of hydrogen-bond donors (Lipinski definition) is 1. The summed E-state index contributed by atoms with van der Waals surface area (Å²) in [5, 5.41) is 3.96. The lowest BCUT2D eigenvalue weighted by molar-refractivity contribution is 0.0452. The van der Waals surface area contributed by atoms with Crippen LogP contribution in [0.1, 0.15) is 25.1 Å². The predicted octanol–water partition coefficient (Wildman–Crippen LogP) is 0.915. The van der Waals surface area contributed by atoms with Crippen molar-refractivity contribution in [2.45, 2.75) is 32.5 Å². The predicted molar refractivity (Wildman–Crippen MR) is 89.5 cm³/mol. The molecule has 7 nitrogen and oxygen atoms in total. The minimum atomic E-state index is 0. The van der Waals surface area contributed by atoms with Gasteiger partial charge in [-0.25, -0.2) is 0 Å². The van der Waals surface area contributed by atoms with E-state index in [1.54, 1.807) is 7.11 Å². The summed E-state index contributed by atoms with van der Waals surface area (Å²) in [7, 11) is 1.75. The molecule has 1 unspecified atom stereocenters. The summed E-state index contributed by atoms with van der Waals surface area (Å²) in [5.41, 5.74) is 5.48. The Kier molecular flexibility index (Phi) is 10.9. The molecule has 1 atom stereocenters. The zero-order valence-corrected chi connectivity index (χ0v) is 14.9. The van der Waals surface area contributed by atoms with Crippen LogP contribution in [0.4, 0.5) is 0 Å². The molecular formula is C13H27Cl2N5O2. The first-order chi connectivity index (χ1) is 9.76. The number of hydrogen-bond acceptors (Lipinski definition) is 7. The number of aromatic nitrogens is 2. The molecule has 0 spiro atoms. The molecular weight excluding hydrogens is 329 g/mol. The summed E-state index contributed by atoms with van der Waals surface area (Å²) in [6.45, 7) is 8.18. The van der Waals surface area contributed by atoms with Gasteiger partial charge in [0.05, 0.1) is 19.7 Å². The summed E-state index contributed by atoms with van der Waals surface area (Å²) in [6.07, 6.45) is 1.14. The maximum Gasteiger partial charge on any atom is 0.240 e. The zero-order chi connectivity index (χ0) is 14.4. The van der Waals surface area contributed by atoms with Gasteiger partial charge in [-0.1, -0.05) is 12.1 Å². The molecule has 1 aromatic heterocycles. The smallest absolute Gasteiger partial charge is 0.240 e. The summed E-state index contributed by atoms with van der Waals surface area (Å²) in [6, 6.07) is 0.569. The standard InChI is InChI=1S/C13H25N5O2.2ClH/c1-3-11-9-17(4-5-18(11)6-7-19-2)10-12-15-13(8-14)20-16-12;;/h11H,3-10,14H2,1-2H3;2*1H. The molecule has 1 aromatic rings. The maximum absolute atomic E-state index is 5.48. The Morgan fingerprint density at radius 3 is 2.73 bits per heavy atom. The van der Waals surface area contributed by atoms with Crippen molar-refractivity contribution < 1.29 is 9.26 Å². The Bertz CT molecular complexity index is 408. The number of piperazine rings is 1. The van der Waals surface area contributed by atoms with E-state index < -0.39 is 0 Å². The lowest BCUT2D eigenvalue weighted by atomic mass is 10.1. The van der Waals surface area contributed by atoms with E-state index in [0.29, 0.717) is 18.5 Å². The van der Waals surface area contributed by atoms with Crippen molar-refractivity contribution in [3.05, 3.63) is 11.7 Å². The SMILES string of the molecule is CCC1CN(Cc2noc(CN)n2)CCN1CCOC.Cl.Cl. The molecule has 2 heterocycles. The van der Waals surface area contributed by atoms with Gasteiger partial charge in [0, 0.05) is 39.3 Å². The van der Waals surface area contributed by atoms with E-state index in [2.05, 4.69) is 26.9 Å². The summed E-state index contributed by atoms with van der Waals surface area (Å²) < 4.78 is 10.2. The molecule has 130 valence electrons. The van der Waals surface area contributed by atoms with Gasteiger partial charge in [0.2, 0.25) is 5.89 Å². The van der Waals surface area contributed by atoms with E-state index in [1.165, 1.54) is 0 Å². The van der Waals surface area contributed by atoms with Crippen LogP contribution in [0.25, 0.3) is 0 Å². The van der Waals surface area contributed by atoms with Gasteiger partial charge in [-0.05, 0) is 6.42 Å². The van der Waals surface area contributed by atoms with Crippen molar-refractivity contribution >= 4 is 24.8 Å². The highest BCUT2D eigenvalue weighted by Gasteiger charge is 2.26. The molecule has 1 aliphatic heterocycles. The van der Waals surface area contributed by atoms with Crippen molar-refractivity contribution in [2.24, 2.45) is 5.73 Å². The van der Waals surface area contributed by atoms with Crippen LogP contribution in [-0.4, -0.2) is 65.9 Å². The first-order valence-electron chi connectivity index (χ1n) is 7.23. The Morgan fingerprint density at radius 2 is 2.14 bits per heavy atom. The number of rotatable bonds is 7. The van der Waals surface area contributed by atoms with Crippen LogP contribution in [0.3, 0.4) is 0 Å². The molecule has 1 fully saturated rings. The monoisotopic (exact) mass is 355 g/mol. The lowest BCUT2D eigenvalue weighted by Gasteiger charge is -2.40. The van der Waals surface area contributed by atoms with Crippen LogP contribution in [-0.2, 0) is 17.8 Å². The second-order valence-corrected chi connectivity index (χ2v) is 5.13. The molecule has 0 aliphatic carbocycles. The fourth-order valence-electron chi connectivity index (χ4n) is 2.63. The zero-order valence-electron chi connectivity index (χ0n) is 13.2. The van der Waals surface area contributed by atoms with E-state index in [1.807, 2.05) is 0 Å². The normalized spacial score (nSPS) is 19.5. The van der Waals surface area contributed by atoms with Crippen molar-refractivity contribution in [3.8, 4) is 0 Å². The third-order valence-electron chi connectivity index (χ3n) is 3.79. The van der Waals surface area contributed by atoms with Crippen LogP contribution in [0.15, 0.2) is 4.52 Å². The van der Waals surface area contributed by atoms with E-state index in [0.717, 1.165) is 51.6 Å². The van der Waals surface area contributed by atoms with Crippen LogP contribution >= 0.6 is 24.8 Å². The second kappa shape index (κ2) is 11.2. The minimum absolute atomic E-state index is 0. The number of nitrogens with two attached hydrogens (primary N) is 1. The number of methoxy groups -OCH3 is 1. The fraction of sp³-hybridized carbons (Fsp3) is 0.846. The number of ether oxygens (including phenoxy) is 1. The van der Waals surface area contributed by atoms with Crippen LogP contribution < -0.4 is 5.73 Å². The Labute approximate surface area is 144 Å². The van der Waals surface area contributed by atoms with Crippen LogP contribution in [0, 0.1) is 0 Å². The Balaban J connectivity index is 0.00000220. The van der Waals surface area contributed by atoms with Gasteiger partial charge in [0.25, 0.3) is 0 Å². The summed E-state index contributed by atoms with van der Waals surface area (Å²) in [4.78, 5) is 9.14. The van der Waals surface area contributed by atoms with Gasteiger partial charge < -0.3 is 15.0 Å². The largest absolute Gasteiger partial charge is 0.383 e. The van der Waals surface area contributed by atoms with E-state index in [4.69, 9.17) is 15.0 Å². The van der Waals surface area contributed by atoms with Gasteiger partial charge >= 0.3 is 0 Å². The molecule has 0 amide bonds. The topological polar surface area (TPSA) is 80.7 Å². The molecule has 1 aliphatic rings. The lowest BCUT2D eigenvalue weighted by Crippen LogP contribution is -2.53. The van der Waals surface area contributed by atoms with Crippen LogP contribution in [0.5, 0.6) is 0 Å². The molecule has 0 bridgehead atoms. The van der Waals surface area contributed by atoms with E-state index >= 15 is 0 Å². The molecule has 1 saturated heterocycles. The Morgan fingerprint density at radius 1 is 1.36 bits per heavy atom. The Hall–Kier alpha value is -0.440. The molecule has 2 N–H and O–H groups in total. The minimum Gasteiger partial charge on any atom is -0.383 e. The molecule has 0 radical (unpaired) electrons. The quantitative estimate of drug-likeness (QED) is 0.778. The van der Waals surface area contributed by atoms with Crippen molar-refractivity contribution in [1.82, 2.24) is 19.9 Å². The highest BCUT2D eigenvalue weighted by molar-refractivity contribution is 5.85. The van der Waals surface area contributed by atoms with Gasteiger partial charge in [-0.3, -0.25) is 9.80 Å². The number of halogens is 2. The molecule has 0 saturated carbocycles. The molecule has 9 heteroatoms. The summed E-state index contributed by atoms with van der Waals surface area (Å²) in [5.74, 6) is 1.23. The van der Waals surface area contributed by atoms with Gasteiger partial charge in [0.1, 0.15) is 0 Å². The van der Waals surface area contributed by atoms with Crippen molar-refractivity contribution in [3.63, 3.8) is 0 Å². The third-order valence-corrected chi connectivity index (χ3v) is 3.79. The fourth-order valence-corrected chi connectivity index (χ4v) is 2.63. The van der Waals surface area contributed by atoms with E-state index in [9.17, 15) is 0 Å². The van der Waals surface area contributed by atoms with Gasteiger partial charge in [-0.15, -0.1) is 24.8 Å². The molecule has 22 heavy (non-hydrogen) atoms. The first-order valence-corrected chi connectivity index (χ1v) is 7.23. The first kappa shape index (κ1) is 21.6. The van der Waals surface area contributed by atoms with Gasteiger partial charge in [0.15, 0.2) is 5.82 Å². The van der Waals surface area contributed by atoms with Crippen LogP contribution in [0.2, 0.25) is 0 Å². The average Bonchev–Trinajstić information content (AvgIpc) is 2.93. The number of nitrogens with zero attached hydrogens (tertiary/aromatic N) is 4. The van der Waals surface area contributed by atoms with Crippen molar-refractivity contribution in [1.29, 1.82) is 0 Å². The molecule has 0 aromatic carbocycles. The maximum atomic E-state index is 5.48. The second-order valence-electron chi connectivity index (χ2n) is 5.13. The molecule has 2 rings (SSSR count). The third kappa shape index (κ3) is 5.98. The average molecular weight is 356 g/mol. The highest BCUT2D eigenvalue weighted by atomic mass is 35.5.